The number of amides is 1. The molecule has 5 heteroatoms. The molecule has 1 N–H and O–H groups in total. The number of pyridine rings is 1. The van der Waals surface area contributed by atoms with Gasteiger partial charge in [0.2, 0.25) is 0 Å². The molecular formula is C18H22N4O. The highest BCUT2D eigenvalue weighted by molar-refractivity contribution is 5.94. The molecule has 1 fully saturated rings. The maximum Gasteiger partial charge on any atom is 0.253 e. The van der Waals surface area contributed by atoms with Crippen molar-refractivity contribution in [1.29, 1.82) is 0 Å². The Morgan fingerprint density at radius 3 is 2.48 bits per heavy atom. The molecule has 1 aliphatic heterocycles. The maximum atomic E-state index is 12.2. The third kappa shape index (κ3) is 4.07. The Morgan fingerprint density at radius 1 is 1.09 bits per heavy atom. The third-order valence-corrected chi connectivity index (χ3v) is 4.13. The molecule has 1 aromatic carbocycles. The molecule has 0 spiro atoms. The van der Waals surface area contributed by atoms with E-state index in [1.165, 1.54) is 0 Å². The van der Waals surface area contributed by atoms with Crippen LogP contribution in [0.25, 0.3) is 0 Å². The Kier molecular flexibility index (Phi) is 4.88. The Labute approximate surface area is 136 Å². The average Bonchev–Trinajstić information content (AvgIpc) is 2.61. The summed E-state index contributed by atoms with van der Waals surface area (Å²) in [5.74, 6) is 0.851. The first-order valence-electron chi connectivity index (χ1n) is 7.94. The van der Waals surface area contributed by atoms with Crippen LogP contribution in [-0.2, 0) is 6.54 Å². The van der Waals surface area contributed by atoms with Crippen LogP contribution in [0.1, 0.15) is 15.9 Å². The lowest BCUT2D eigenvalue weighted by Gasteiger charge is -2.33. The van der Waals surface area contributed by atoms with Crippen molar-refractivity contribution >= 4 is 11.7 Å². The van der Waals surface area contributed by atoms with Gasteiger partial charge in [-0.15, -0.1) is 0 Å². The number of hydrogen-bond donors (Lipinski definition) is 1. The lowest BCUT2D eigenvalue weighted by atomic mass is 10.2. The van der Waals surface area contributed by atoms with Crippen LogP contribution in [0.2, 0.25) is 0 Å². The predicted octanol–water partition coefficient (Wildman–Crippen LogP) is 1.76. The normalized spacial score (nSPS) is 15.4. The molecule has 0 atom stereocenters. The van der Waals surface area contributed by atoms with Gasteiger partial charge in [-0.2, -0.15) is 0 Å². The topological polar surface area (TPSA) is 48.5 Å². The van der Waals surface area contributed by atoms with Crippen LogP contribution < -0.4 is 10.2 Å². The predicted molar refractivity (Wildman–Crippen MR) is 91.6 cm³/mol. The summed E-state index contributed by atoms with van der Waals surface area (Å²) in [5, 5.41) is 2.92. The van der Waals surface area contributed by atoms with Gasteiger partial charge in [-0.25, -0.2) is 4.98 Å². The lowest BCUT2D eigenvalue weighted by molar-refractivity contribution is 0.0950. The third-order valence-electron chi connectivity index (χ3n) is 4.13. The fourth-order valence-corrected chi connectivity index (χ4v) is 2.62. The van der Waals surface area contributed by atoms with Gasteiger partial charge < -0.3 is 15.1 Å². The quantitative estimate of drug-likeness (QED) is 0.935. The molecule has 1 aliphatic rings. The van der Waals surface area contributed by atoms with Crippen molar-refractivity contribution in [3.8, 4) is 0 Å². The second-order valence-electron chi connectivity index (χ2n) is 5.86. The monoisotopic (exact) mass is 310 g/mol. The zero-order valence-electron chi connectivity index (χ0n) is 13.4. The van der Waals surface area contributed by atoms with Crippen LogP contribution in [0.4, 0.5) is 5.82 Å². The second-order valence-corrected chi connectivity index (χ2v) is 5.86. The van der Waals surface area contributed by atoms with E-state index in [9.17, 15) is 4.79 Å². The molecule has 0 unspecified atom stereocenters. The first kappa shape index (κ1) is 15.5. The number of anilines is 1. The summed E-state index contributed by atoms with van der Waals surface area (Å²) in [4.78, 5) is 21.2. The standard InChI is InChI=1S/C18H22N4O/c1-21-9-11-22(12-10-21)17-8-7-16(14-19-17)18(23)20-13-15-5-3-2-4-6-15/h2-8,14H,9-13H2,1H3,(H,20,23). The summed E-state index contributed by atoms with van der Waals surface area (Å²) in [6, 6.07) is 13.7. The van der Waals surface area contributed by atoms with Gasteiger partial charge in [0, 0.05) is 38.9 Å². The minimum atomic E-state index is -0.0914. The fourth-order valence-electron chi connectivity index (χ4n) is 2.62. The zero-order chi connectivity index (χ0) is 16.1. The number of likely N-dealkylation sites (N-methyl/N-ethyl adjacent to an activating group) is 1. The molecule has 0 bridgehead atoms. The van der Waals surface area contributed by atoms with Gasteiger partial charge in [-0.05, 0) is 24.7 Å². The van der Waals surface area contributed by atoms with E-state index >= 15 is 0 Å². The molecule has 3 rings (SSSR count). The van der Waals surface area contributed by atoms with Gasteiger partial charge in [0.05, 0.1) is 5.56 Å². The van der Waals surface area contributed by atoms with Crippen LogP contribution in [-0.4, -0.2) is 49.0 Å². The van der Waals surface area contributed by atoms with Crippen LogP contribution in [0.5, 0.6) is 0 Å². The summed E-state index contributed by atoms with van der Waals surface area (Å²) in [6.45, 7) is 4.56. The van der Waals surface area contributed by atoms with Gasteiger partial charge in [0.25, 0.3) is 5.91 Å². The zero-order valence-corrected chi connectivity index (χ0v) is 13.4. The van der Waals surface area contributed by atoms with Crippen molar-refractivity contribution in [2.24, 2.45) is 0 Å². The van der Waals surface area contributed by atoms with E-state index in [2.05, 4.69) is 27.1 Å². The minimum Gasteiger partial charge on any atom is -0.354 e. The molecule has 120 valence electrons. The summed E-state index contributed by atoms with van der Waals surface area (Å²) in [5.41, 5.74) is 1.68. The van der Waals surface area contributed by atoms with Crippen LogP contribution in [0.15, 0.2) is 48.7 Å². The van der Waals surface area contributed by atoms with Crippen molar-refractivity contribution in [2.75, 3.05) is 38.1 Å². The smallest absolute Gasteiger partial charge is 0.253 e. The SMILES string of the molecule is CN1CCN(c2ccc(C(=O)NCc3ccccc3)cn2)CC1. The van der Waals surface area contributed by atoms with Crippen molar-refractivity contribution in [3.63, 3.8) is 0 Å². The van der Waals surface area contributed by atoms with E-state index in [0.29, 0.717) is 12.1 Å². The van der Waals surface area contributed by atoms with Gasteiger partial charge in [0.1, 0.15) is 5.82 Å². The van der Waals surface area contributed by atoms with Crippen molar-refractivity contribution in [2.45, 2.75) is 6.54 Å². The highest BCUT2D eigenvalue weighted by Gasteiger charge is 2.15. The molecule has 1 amide bonds. The maximum absolute atomic E-state index is 12.2. The van der Waals surface area contributed by atoms with Crippen molar-refractivity contribution in [3.05, 3.63) is 59.8 Å². The number of rotatable bonds is 4. The number of piperazine rings is 1. The largest absolute Gasteiger partial charge is 0.354 e. The molecule has 5 nitrogen and oxygen atoms in total. The number of aromatic nitrogens is 1. The number of benzene rings is 1. The summed E-state index contributed by atoms with van der Waals surface area (Å²) < 4.78 is 0. The number of carbonyl (C=O) groups is 1. The molecule has 2 heterocycles. The van der Waals surface area contributed by atoms with Crippen molar-refractivity contribution < 1.29 is 4.79 Å². The first-order valence-corrected chi connectivity index (χ1v) is 7.94. The first-order chi connectivity index (χ1) is 11.2. The molecule has 2 aromatic rings. The van der Waals surface area contributed by atoms with E-state index in [1.807, 2.05) is 42.5 Å². The highest BCUT2D eigenvalue weighted by Crippen LogP contribution is 2.13. The van der Waals surface area contributed by atoms with Gasteiger partial charge >= 0.3 is 0 Å². The average molecular weight is 310 g/mol. The van der Waals surface area contributed by atoms with Gasteiger partial charge in [0.15, 0.2) is 0 Å². The van der Waals surface area contributed by atoms with Gasteiger partial charge in [-0.3, -0.25) is 4.79 Å². The molecule has 0 radical (unpaired) electrons. The van der Waals surface area contributed by atoms with Crippen molar-refractivity contribution in [1.82, 2.24) is 15.2 Å². The van der Waals surface area contributed by atoms with Crippen LogP contribution in [0.3, 0.4) is 0 Å². The highest BCUT2D eigenvalue weighted by atomic mass is 16.1. The van der Waals surface area contributed by atoms with E-state index in [1.54, 1.807) is 6.20 Å². The summed E-state index contributed by atoms with van der Waals surface area (Å²) in [6.07, 6.45) is 1.66. The Bertz CT molecular complexity index is 634. The van der Waals surface area contributed by atoms with E-state index in [-0.39, 0.29) is 5.91 Å². The fraction of sp³-hybridized carbons (Fsp3) is 0.333. The number of carbonyl (C=O) groups excluding carboxylic acids is 1. The lowest BCUT2D eigenvalue weighted by Crippen LogP contribution is -2.44. The van der Waals surface area contributed by atoms with E-state index in [4.69, 9.17) is 0 Å². The van der Waals surface area contributed by atoms with Gasteiger partial charge in [-0.1, -0.05) is 30.3 Å². The summed E-state index contributed by atoms with van der Waals surface area (Å²) in [7, 11) is 2.13. The Balaban J connectivity index is 1.57. The Hall–Kier alpha value is -2.40. The number of hydrogen-bond acceptors (Lipinski definition) is 4. The van der Waals surface area contributed by atoms with E-state index in [0.717, 1.165) is 37.6 Å². The minimum absolute atomic E-state index is 0.0914. The number of nitrogens with zero attached hydrogens (tertiary/aromatic N) is 3. The molecular weight excluding hydrogens is 288 g/mol. The van der Waals surface area contributed by atoms with E-state index < -0.39 is 0 Å². The molecule has 23 heavy (non-hydrogen) atoms. The number of nitrogens with one attached hydrogen (secondary N) is 1. The molecule has 1 saturated heterocycles. The van der Waals surface area contributed by atoms with Crippen LogP contribution in [0, 0.1) is 0 Å². The second kappa shape index (κ2) is 7.24. The molecule has 0 aliphatic carbocycles. The molecule has 0 saturated carbocycles. The Morgan fingerprint density at radius 2 is 1.83 bits per heavy atom. The summed E-state index contributed by atoms with van der Waals surface area (Å²) >= 11 is 0. The van der Waals surface area contributed by atoms with Crippen LogP contribution >= 0.6 is 0 Å². The molecule has 1 aromatic heterocycles.